The molecule has 0 aliphatic heterocycles. The van der Waals surface area contributed by atoms with Crippen LogP contribution >= 0.6 is 11.8 Å². The average molecular weight is 506 g/mol. The largest absolute Gasteiger partial charge is 0.461 e. The molecular weight excluding hydrogens is 458 g/mol. The zero-order valence-corrected chi connectivity index (χ0v) is 23.3. The monoisotopic (exact) mass is 505 g/mol. The summed E-state index contributed by atoms with van der Waals surface area (Å²) in [6.45, 7) is 15.8. The molecule has 4 aliphatic rings. The summed E-state index contributed by atoms with van der Waals surface area (Å²) >= 11 is 1.72. The number of aliphatic hydroxyl groups is 1. The van der Waals surface area contributed by atoms with E-state index in [9.17, 15) is 14.7 Å². The highest BCUT2D eigenvalue weighted by atomic mass is 32.2. The Morgan fingerprint density at radius 2 is 2.00 bits per heavy atom. The zero-order chi connectivity index (χ0) is 25.6. The normalized spacial score (nSPS) is 47.6. The second-order valence-electron chi connectivity index (χ2n) is 12.6. The first kappa shape index (κ1) is 27.2. The van der Waals surface area contributed by atoms with Gasteiger partial charge in [0.2, 0.25) is 0 Å². The van der Waals surface area contributed by atoms with Gasteiger partial charge in [-0.1, -0.05) is 40.7 Å². The van der Waals surface area contributed by atoms with E-state index in [0.717, 1.165) is 38.6 Å². The van der Waals surface area contributed by atoms with Crippen LogP contribution in [0.15, 0.2) is 12.7 Å². The summed E-state index contributed by atoms with van der Waals surface area (Å²) in [5, 5.41) is 15.6. The lowest BCUT2D eigenvalue weighted by atomic mass is 9.44. The van der Waals surface area contributed by atoms with Gasteiger partial charge in [-0.25, -0.2) is 0 Å². The Labute approximate surface area is 216 Å². The van der Waals surface area contributed by atoms with E-state index in [-0.39, 0.29) is 29.1 Å². The number of rotatable bonds is 7. The molecule has 0 saturated heterocycles. The molecule has 4 saturated carbocycles. The maximum atomic E-state index is 13.5. The van der Waals surface area contributed by atoms with Crippen LogP contribution < -0.4 is 5.32 Å². The van der Waals surface area contributed by atoms with Crippen molar-refractivity contribution in [2.24, 2.45) is 34.0 Å². The van der Waals surface area contributed by atoms with Crippen LogP contribution in [-0.2, 0) is 14.3 Å². The lowest BCUT2D eigenvalue weighted by molar-refractivity contribution is -0.205. The maximum Gasteiger partial charge on any atom is 0.316 e. The third kappa shape index (κ3) is 4.54. The van der Waals surface area contributed by atoms with Crippen molar-refractivity contribution < 1.29 is 19.4 Å². The number of esters is 1. The smallest absolute Gasteiger partial charge is 0.316 e. The lowest BCUT2D eigenvalue weighted by Gasteiger charge is -2.61. The molecule has 4 fully saturated rings. The predicted octanol–water partition coefficient (Wildman–Crippen LogP) is 5.16. The van der Waals surface area contributed by atoms with Gasteiger partial charge in [0.15, 0.2) is 0 Å². The van der Waals surface area contributed by atoms with Crippen LogP contribution in [0, 0.1) is 34.0 Å². The quantitative estimate of drug-likeness (QED) is 0.368. The van der Waals surface area contributed by atoms with E-state index < -0.39 is 23.0 Å². The molecule has 6 heteroatoms. The van der Waals surface area contributed by atoms with Gasteiger partial charge >= 0.3 is 5.97 Å². The lowest BCUT2D eigenvalue weighted by Crippen LogP contribution is -2.63. The number of aliphatic hydroxyl groups excluding tert-OH is 1. The molecule has 0 amide bonds. The molecule has 0 aromatic carbocycles. The maximum absolute atomic E-state index is 13.5. The number of carbonyl (C=O) groups is 2. The second kappa shape index (κ2) is 10.1. The van der Waals surface area contributed by atoms with Crippen LogP contribution in [0.25, 0.3) is 0 Å². The van der Waals surface area contributed by atoms with Gasteiger partial charge in [-0.3, -0.25) is 9.59 Å². The number of hydrogen-bond acceptors (Lipinski definition) is 6. The predicted molar refractivity (Wildman–Crippen MR) is 142 cm³/mol. The van der Waals surface area contributed by atoms with E-state index in [4.69, 9.17) is 4.74 Å². The van der Waals surface area contributed by atoms with Crippen LogP contribution in [0.5, 0.6) is 0 Å². The topological polar surface area (TPSA) is 75.6 Å². The molecule has 4 aliphatic carbocycles. The van der Waals surface area contributed by atoms with E-state index in [1.165, 1.54) is 6.42 Å². The fraction of sp³-hybridized carbons (Fsp3) is 0.862. The molecule has 0 aromatic heterocycles. The molecule has 2 bridgehead atoms. The van der Waals surface area contributed by atoms with Crippen molar-refractivity contribution in [1.82, 2.24) is 5.32 Å². The number of Topliss-reactive ketones (excluding diaryl/α,β-unsaturated/α-hetero) is 1. The highest BCUT2D eigenvalue weighted by Gasteiger charge is 2.68. The standard InChI is InChI=1S/C29H47NO4S/c1-7-27(5)16-23(34-24(32)17-35-21-10-9-20(15-21)30-8-2)28(6)18(3)11-13-29(19(4)26(27)33)14-12-22(31)25(28)29/h7,18-21,23,25-26,30,33H,1,8-17H2,2-6H3/t18-,19+,20?,21?,23-,25+,26+,27-,28+,29?/m1/s1. The Hall–Kier alpha value is -0.850. The molecule has 198 valence electrons. The summed E-state index contributed by atoms with van der Waals surface area (Å²) < 4.78 is 6.37. The van der Waals surface area contributed by atoms with Gasteiger partial charge in [0.05, 0.1) is 11.9 Å². The first-order valence-corrected chi connectivity index (χ1v) is 15.0. The SMILES string of the molecule is C=C[C@]1(C)C[C@@H](OC(=O)CSC2CCC(NCC)C2)[C@]2(C)[C@H](C)CCC3(CCC(=O)[C@H]32)[C@@H](C)[C@@H]1O. The summed E-state index contributed by atoms with van der Waals surface area (Å²) in [7, 11) is 0. The number of thioether (sulfide) groups is 1. The van der Waals surface area contributed by atoms with E-state index in [1.54, 1.807) is 11.8 Å². The zero-order valence-electron chi connectivity index (χ0n) is 22.5. The molecule has 0 radical (unpaired) electrons. The highest BCUT2D eigenvalue weighted by molar-refractivity contribution is 8.00. The summed E-state index contributed by atoms with van der Waals surface area (Å²) in [4.78, 5) is 26.7. The Bertz CT molecular complexity index is 833. The Morgan fingerprint density at radius 3 is 2.69 bits per heavy atom. The van der Waals surface area contributed by atoms with E-state index in [2.05, 4.69) is 39.6 Å². The van der Waals surface area contributed by atoms with E-state index >= 15 is 0 Å². The van der Waals surface area contributed by atoms with Crippen molar-refractivity contribution >= 4 is 23.5 Å². The number of carbonyl (C=O) groups excluding carboxylic acids is 2. The summed E-state index contributed by atoms with van der Waals surface area (Å²) in [5.74, 6) is 0.553. The summed E-state index contributed by atoms with van der Waals surface area (Å²) in [6.07, 6.45) is 8.08. The molecule has 5 nitrogen and oxygen atoms in total. The number of hydrogen-bond donors (Lipinski definition) is 2. The number of nitrogens with one attached hydrogen (secondary N) is 1. The third-order valence-electron chi connectivity index (χ3n) is 10.9. The molecule has 3 unspecified atom stereocenters. The number of ketones is 1. The van der Waals surface area contributed by atoms with Crippen molar-refractivity contribution in [3.05, 3.63) is 12.7 Å². The molecule has 4 rings (SSSR count). The van der Waals surface area contributed by atoms with Crippen LogP contribution in [0.2, 0.25) is 0 Å². The third-order valence-corrected chi connectivity index (χ3v) is 12.2. The van der Waals surface area contributed by atoms with E-state index in [1.807, 2.05) is 13.0 Å². The van der Waals surface area contributed by atoms with Crippen LogP contribution in [0.1, 0.15) is 86.0 Å². The Kier molecular flexibility index (Phi) is 7.87. The molecular formula is C29H47NO4S. The Balaban J connectivity index is 1.59. The molecule has 0 heterocycles. The average Bonchev–Trinajstić information content (AvgIpc) is 3.43. The summed E-state index contributed by atoms with van der Waals surface area (Å²) in [5.41, 5.74) is -1.24. The fourth-order valence-electron chi connectivity index (χ4n) is 8.45. The Morgan fingerprint density at radius 1 is 1.26 bits per heavy atom. The molecule has 0 spiro atoms. The minimum Gasteiger partial charge on any atom is -0.461 e. The minimum absolute atomic E-state index is 0.00646. The van der Waals surface area contributed by atoms with Crippen LogP contribution in [-0.4, -0.2) is 52.7 Å². The van der Waals surface area contributed by atoms with Crippen LogP contribution in [0.4, 0.5) is 0 Å². The van der Waals surface area contributed by atoms with Crippen LogP contribution in [0.3, 0.4) is 0 Å². The molecule has 2 N–H and O–H groups in total. The number of ether oxygens (including phenoxy) is 1. The van der Waals surface area contributed by atoms with Gasteiger partial charge in [-0.2, -0.15) is 0 Å². The second-order valence-corrected chi connectivity index (χ2v) is 13.9. The first-order chi connectivity index (χ1) is 16.5. The fourth-order valence-corrected chi connectivity index (χ4v) is 9.56. The van der Waals surface area contributed by atoms with Gasteiger partial charge in [-0.15, -0.1) is 18.3 Å². The van der Waals surface area contributed by atoms with Crippen molar-refractivity contribution in [3.8, 4) is 0 Å². The van der Waals surface area contributed by atoms with Gasteiger partial charge in [0, 0.05) is 34.5 Å². The molecule has 0 aromatic rings. The molecule has 35 heavy (non-hydrogen) atoms. The van der Waals surface area contributed by atoms with Crippen molar-refractivity contribution in [2.45, 2.75) is 109 Å². The van der Waals surface area contributed by atoms with E-state index in [0.29, 0.717) is 35.7 Å². The summed E-state index contributed by atoms with van der Waals surface area (Å²) in [6, 6.07) is 0.555. The van der Waals surface area contributed by atoms with Crippen molar-refractivity contribution in [2.75, 3.05) is 12.3 Å². The minimum atomic E-state index is -0.622. The van der Waals surface area contributed by atoms with Crippen molar-refractivity contribution in [1.29, 1.82) is 0 Å². The van der Waals surface area contributed by atoms with Gasteiger partial charge in [-0.05, 0) is 68.7 Å². The highest BCUT2D eigenvalue weighted by Crippen LogP contribution is 2.68. The van der Waals surface area contributed by atoms with Crippen molar-refractivity contribution in [3.63, 3.8) is 0 Å². The molecule has 10 atom stereocenters. The van der Waals surface area contributed by atoms with Gasteiger partial charge < -0.3 is 15.2 Å². The first-order valence-electron chi connectivity index (χ1n) is 13.9. The van der Waals surface area contributed by atoms with Gasteiger partial charge in [0.25, 0.3) is 0 Å². The van der Waals surface area contributed by atoms with Gasteiger partial charge in [0.1, 0.15) is 11.9 Å².